The number of carbonyl (C=O) groups is 1. The molecule has 0 heterocycles. The van der Waals surface area contributed by atoms with Gasteiger partial charge in [-0.3, -0.25) is 4.79 Å². The first kappa shape index (κ1) is 9.97. The van der Waals surface area contributed by atoms with Gasteiger partial charge in [0, 0.05) is 5.54 Å². The Labute approximate surface area is 85.0 Å². The molecule has 0 spiro atoms. The Bertz CT molecular complexity index is 240. The molecular formula is C11H19NO2. The van der Waals surface area contributed by atoms with Crippen LogP contribution in [0.4, 0.5) is 0 Å². The summed E-state index contributed by atoms with van der Waals surface area (Å²) in [7, 11) is 1.48. The van der Waals surface area contributed by atoms with Crippen molar-refractivity contribution in [3.8, 4) is 0 Å². The third kappa shape index (κ3) is 1.26. The van der Waals surface area contributed by atoms with Gasteiger partial charge in [-0.15, -0.1) is 0 Å². The highest BCUT2D eigenvalue weighted by atomic mass is 16.5. The fourth-order valence-electron chi connectivity index (χ4n) is 2.87. The van der Waals surface area contributed by atoms with Crippen molar-refractivity contribution in [1.29, 1.82) is 0 Å². The van der Waals surface area contributed by atoms with Crippen molar-refractivity contribution in [1.82, 2.24) is 0 Å². The molecule has 2 saturated carbocycles. The summed E-state index contributed by atoms with van der Waals surface area (Å²) in [4.78, 5) is 11.9. The SMILES string of the molecule is COC(=O)C1(C2(N)CC2)CCCCC1. The van der Waals surface area contributed by atoms with Gasteiger partial charge in [0.25, 0.3) is 0 Å². The van der Waals surface area contributed by atoms with Gasteiger partial charge in [-0.25, -0.2) is 0 Å². The standard InChI is InChI=1S/C11H19NO2/c1-14-9(13)10(11(12)7-8-11)5-3-2-4-6-10/h2-8,12H2,1H3. The Morgan fingerprint density at radius 1 is 1.14 bits per heavy atom. The van der Waals surface area contributed by atoms with Crippen LogP contribution in [-0.4, -0.2) is 18.6 Å². The van der Waals surface area contributed by atoms with Gasteiger partial charge in [0.15, 0.2) is 0 Å². The van der Waals surface area contributed by atoms with E-state index in [1.165, 1.54) is 13.5 Å². The van der Waals surface area contributed by atoms with Crippen LogP contribution in [0.2, 0.25) is 0 Å². The van der Waals surface area contributed by atoms with Gasteiger partial charge in [-0.2, -0.15) is 0 Å². The van der Waals surface area contributed by atoms with E-state index in [9.17, 15) is 4.79 Å². The average molecular weight is 197 g/mol. The number of carbonyl (C=O) groups excluding carboxylic acids is 1. The fraction of sp³-hybridized carbons (Fsp3) is 0.909. The summed E-state index contributed by atoms with van der Waals surface area (Å²) in [6.45, 7) is 0. The van der Waals surface area contributed by atoms with Crippen molar-refractivity contribution in [3.63, 3.8) is 0 Å². The van der Waals surface area contributed by atoms with Crippen molar-refractivity contribution < 1.29 is 9.53 Å². The van der Waals surface area contributed by atoms with Crippen LogP contribution in [0.25, 0.3) is 0 Å². The Hall–Kier alpha value is -0.570. The van der Waals surface area contributed by atoms with Crippen LogP contribution in [-0.2, 0) is 9.53 Å². The number of esters is 1. The van der Waals surface area contributed by atoms with Gasteiger partial charge in [0.1, 0.15) is 0 Å². The second-order valence-corrected chi connectivity index (χ2v) is 4.79. The monoisotopic (exact) mass is 197 g/mol. The highest BCUT2D eigenvalue weighted by molar-refractivity contribution is 5.79. The van der Waals surface area contributed by atoms with Crippen molar-refractivity contribution >= 4 is 5.97 Å². The summed E-state index contributed by atoms with van der Waals surface area (Å²) >= 11 is 0. The minimum absolute atomic E-state index is 0.0720. The lowest BCUT2D eigenvalue weighted by Gasteiger charge is -2.39. The number of methoxy groups -OCH3 is 1. The zero-order chi connectivity index (χ0) is 10.2. The molecule has 0 amide bonds. The second kappa shape index (κ2) is 3.23. The smallest absolute Gasteiger partial charge is 0.313 e. The molecule has 2 aliphatic rings. The van der Waals surface area contributed by atoms with Crippen LogP contribution in [0.3, 0.4) is 0 Å². The molecule has 0 aromatic carbocycles. The topological polar surface area (TPSA) is 52.3 Å². The van der Waals surface area contributed by atoms with Gasteiger partial charge in [-0.1, -0.05) is 19.3 Å². The van der Waals surface area contributed by atoms with Crippen molar-refractivity contribution in [2.24, 2.45) is 11.1 Å². The summed E-state index contributed by atoms with van der Waals surface area (Å²) in [5, 5.41) is 0. The van der Waals surface area contributed by atoms with Crippen LogP contribution in [0.5, 0.6) is 0 Å². The zero-order valence-corrected chi connectivity index (χ0v) is 8.84. The van der Waals surface area contributed by atoms with Crippen LogP contribution < -0.4 is 5.73 Å². The van der Waals surface area contributed by atoms with Crippen LogP contribution in [0, 0.1) is 5.41 Å². The lowest BCUT2D eigenvalue weighted by atomic mass is 9.67. The van der Waals surface area contributed by atoms with Gasteiger partial charge in [-0.05, 0) is 25.7 Å². The summed E-state index contributed by atoms with van der Waals surface area (Å²) in [5.41, 5.74) is 5.65. The molecule has 3 heteroatoms. The molecule has 0 aromatic rings. The molecule has 0 bridgehead atoms. The average Bonchev–Trinajstić information content (AvgIpc) is 2.98. The zero-order valence-electron chi connectivity index (χ0n) is 8.84. The first-order chi connectivity index (χ1) is 6.65. The maximum absolute atomic E-state index is 11.9. The molecular weight excluding hydrogens is 178 g/mol. The number of nitrogens with two attached hydrogens (primary N) is 1. The molecule has 0 saturated heterocycles. The Kier molecular flexibility index (Phi) is 2.30. The second-order valence-electron chi connectivity index (χ2n) is 4.79. The fourth-order valence-corrected chi connectivity index (χ4v) is 2.87. The molecule has 0 unspecified atom stereocenters. The van der Waals surface area contributed by atoms with E-state index in [0.717, 1.165) is 38.5 Å². The molecule has 0 radical (unpaired) electrons. The van der Waals surface area contributed by atoms with E-state index < -0.39 is 0 Å². The van der Waals surface area contributed by atoms with Gasteiger partial charge < -0.3 is 10.5 Å². The highest BCUT2D eigenvalue weighted by Crippen LogP contribution is 2.55. The minimum Gasteiger partial charge on any atom is -0.469 e. The van der Waals surface area contributed by atoms with Crippen LogP contribution in [0.1, 0.15) is 44.9 Å². The minimum atomic E-state index is -0.347. The molecule has 2 fully saturated rings. The van der Waals surface area contributed by atoms with Crippen LogP contribution in [0.15, 0.2) is 0 Å². The predicted octanol–water partition coefficient (Wildman–Crippen LogP) is 1.60. The normalized spacial score (nSPS) is 28.1. The summed E-state index contributed by atoms with van der Waals surface area (Å²) < 4.78 is 4.94. The maximum Gasteiger partial charge on any atom is 0.313 e. The molecule has 0 aliphatic heterocycles. The molecule has 2 rings (SSSR count). The first-order valence-electron chi connectivity index (χ1n) is 5.52. The lowest BCUT2D eigenvalue weighted by molar-refractivity contribution is -0.157. The number of hydrogen-bond acceptors (Lipinski definition) is 3. The van der Waals surface area contributed by atoms with E-state index in [1.54, 1.807) is 0 Å². The van der Waals surface area contributed by atoms with Crippen LogP contribution >= 0.6 is 0 Å². The molecule has 2 N–H and O–H groups in total. The summed E-state index contributed by atoms with van der Waals surface area (Å²) in [6.07, 6.45) is 7.30. The molecule has 0 atom stereocenters. The summed E-state index contributed by atoms with van der Waals surface area (Å²) in [5.74, 6) is -0.0720. The highest BCUT2D eigenvalue weighted by Gasteiger charge is 2.61. The first-order valence-corrected chi connectivity index (χ1v) is 5.52. The van der Waals surface area contributed by atoms with E-state index in [0.29, 0.717) is 0 Å². The van der Waals surface area contributed by atoms with Gasteiger partial charge in [0.05, 0.1) is 12.5 Å². The Morgan fingerprint density at radius 3 is 2.14 bits per heavy atom. The molecule has 14 heavy (non-hydrogen) atoms. The van der Waals surface area contributed by atoms with Crippen molar-refractivity contribution in [2.45, 2.75) is 50.5 Å². The number of hydrogen-bond donors (Lipinski definition) is 1. The van der Waals surface area contributed by atoms with Gasteiger partial charge >= 0.3 is 5.97 Å². The quantitative estimate of drug-likeness (QED) is 0.684. The largest absolute Gasteiger partial charge is 0.469 e. The van der Waals surface area contributed by atoms with E-state index in [1.807, 2.05) is 0 Å². The number of ether oxygens (including phenoxy) is 1. The Morgan fingerprint density at radius 2 is 1.71 bits per heavy atom. The lowest BCUT2D eigenvalue weighted by Crippen LogP contribution is -2.51. The number of rotatable bonds is 2. The molecule has 0 aromatic heterocycles. The maximum atomic E-state index is 11.9. The third-order valence-electron chi connectivity index (χ3n) is 4.02. The third-order valence-corrected chi connectivity index (χ3v) is 4.02. The summed E-state index contributed by atoms with van der Waals surface area (Å²) in [6, 6.07) is 0. The Balaban J connectivity index is 2.23. The van der Waals surface area contributed by atoms with Crippen molar-refractivity contribution in [2.75, 3.05) is 7.11 Å². The van der Waals surface area contributed by atoms with E-state index in [2.05, 4.69) is 0 Å². The molecule has 80 valence electrons. The van der Waals surface area contributed by atoms with Gasteiger partial charge in [0.2, 0.25) is 0 Å². The van der Waals surface area contributed by atoms with E-state index >= 15 is 0 Å². The van der Waals surface area contributed by atoms with Crippen molar-refractivity contribution in [3.05, 3.63) is 0 Å². The molecule has 2 aliphatic carbocycles. The predicted molar refractivity (Wildman–Crippen MR) is 53.7 cm³/mol. The van der Waals surface area contributed by atoms with E-state index in [-0.39, 0.29) is 16.9 Å². The molecule has 3 nitrogen and oxygen atoms in total. The van der Waals surface area contributed by atoms with E-state index in [4.69, 9.17) is 10.5 Å².